The van der Waals surface area contributed by atoms with Crippen molar-refractivity contribution in [2.45, 2.75) is 6.18 Å². The van der Waals surface area contributed by atoms with Crippen molar-refractivity contribution in [3.63, 3.8) is 0 Å². The lowest BCUT2D eigenvalue weighted by molar-refractivity contribution is -0.165. The lowest BCUT2D eigenvalue weighted by Gasteiger charge is -2.10. The van der Waals surface area contributed by atoms with Gasteiger partial charge in [-0.15, -0.1) is 0 Å². The van der Waals surface area contributed by atoms with Gasteiger partial charge in [-0.05, 0) is 18.2 Å². The summed E-state index contributed by atoms with van der Waals surface area (Å²) in [5.74, 6) is -1.90. The molecule has 0 saturated heterocycles. The second-order valence-electron chi connectivity index (χ2n) is 4.23. The number of hydrogen-bond acceptors (Lipinski definition) is 3. The summed E-state index contributed by atoms with van der Waals surface area (Å²) in [5, 5.41) is 2.76. The summed E-state index contributed by atoms with van der Waals surface area (Å²) in [7, 11) is 3.45. The standard InChI is InChI=1S/C14H15F3N2O/c1-19(2)9-8-12(10-13(20)14(15,16)17)18-11-6-4-3-5-7-11/h3-10,18H,1-2H3/b9-8+,12-10-. The topological polar surface area (TPSA) is 32.3 Å². The van der Waals surface area contributed by atoms with Crippen molar-refractivity contribution in [2.75, 3.05) is 19.4 Å². The molecule has 0 aliphatic carbocycles. The van der Waals surface area contributed by atoms with Crippen molar-refractivity contribution in [1.82, 2.24) is 4.90 Å². The van der Waals surface area contributed by atoms with Crippen LogP contribution in [0.1, 0.15) is 0 Å². The summed E-state index contributed by atoms with van der Waals surface area (Å²) in [6.45, 7) is 0. The Morgan fingerprint density at radius 2 is 1.80 bits per heavy atom. The maximum absolute atomic E-state index is 12.3. The number of nitrogens with zero attached hydrogens (tertiary/aromatic N) is 1. The fourth-order valence-electron chi connectivity index (χ4n) is 1.27. The van der Waals surface area contributed by atoms with Gasteiger partial charge in [-0.25, -0.2) is 0 Å². The molecule has 0 spiro atoms. The van der Waals surface area contributed by atoms with Crippen molar-refractivity contribution in [3.05, 3.63) is 54.4 Å². The van der Waals surface area contributed by atoms with E-state index in [1.165, 1.54) is 6.08 Å². The zero-order valence-electron chi connectivity index (χ0n) is 11.1. The Labute approximate surface area is 115 Å². The molecular weight excluding hydrogens is 269 g/mol. The fourth-order valence-corrected chi connectivity index (χ4v) is 1.27. The molecular formula is C14H15F3N2O. The maximum Gasteiger partial charge on any atom is 0.454 e. The first kappa shape index (κ1) is 15.8. The molecule has 6 heteroatoms. The van der Waals surface area contributed by atoms with E-state index in [2.05, 4.69) is 5.32 Å². The number of hydrogen-bond donors (Lipinski definition) is 1. The summed E-state index contributed by atoms with van der Waals surface area (Å²) in [6.07, 6.45) is -1.40. The van der Waals surface area contributed by atoms with E-state index in [1.807, 2.05) is 0 Å². The van der Waals surface area contributed by atoms with E-state index in [9.17, 15) is 18.0 Å². The van der Waals surface area contributed by atoms with Crippen LogP contribution in [0.25, 0.3) is 0 Å². The second-order valence-corrected chi connectivity index (χ2v) is 4.23. The van der Waals surface area contributed by atoms with Gasteiger partial charge in [0.25, 0.3) is 5.78 Å². The van der Waals surface area contributed by atoms with Crippen molar-refractivity contribution in [3.8, 4) is 0 Å². The van der Waals surface area contributed by atoms with Gasteiger partial charge in [-0.2, -0.15) is 13.2 Å². The van der Waals surface area contributed by atoms with E-state index in [0.717, 1.165) is 0 Å². The average Bonchev–Trinajstić information content (AvgIpc) is 2.36. The Morgan fingerprint density at radius 3 is 2.30 bits per heavy atom. The Kier molecular flexibility index (Phi) is 5.37. The molecule has 0 fully saturated rings. The van der Waals surface area contributed by atoms with E-state index in [1.54, 1.807) is 55.5 Å². The van der Waals surface area contributed by atoms with E-state index < -0.39 is 12.0 Å². The number of ketones is 1. The predicted molar refractivity (Wildman–Crippen MR) is 72.0 cm³/mol. The lowest BCUT2D eigenvalue weighted by Crippen LogP contribution is -2.21. The molecule has 1 rings (SSSR count). The van der Waals surface area contributed by atoms with E-state index in [4.69, 9.17) is 0 Å². The minimum atomic E-state index is -4.88. The predicted octanol–water partition coefficient (Wildman–Crippen LogP) is 3.19. The van der Waals surface area contributed by atoms with E-state index >= 15 is 0 Å². The first-order valence-corrected chi connectivity index (χ1v) is 5.78. The highest BCUT2D eigenvalue weighted by molar-refractivity contribution is 5.95. The first-order valence-electron chi connectivity index (χ1n) is 5.78. The number of carbonyl (C=O) groups excluding carboxylic acids is 1. The highest BCUT2D eigenvalue weighted by Gasteiger charge is 2.36. The molecule has 1 N–H and O–H groups in total. The zero-order valence-corrected chi connectivity index (χ0v) is 11.1. The number of alkyl halides is 3. The molecule has 1 aromatic rings. The first-order chi connectivity index (χ1) is 9.29. The van der Waals surface area contributed by atoms with E-state index in [0.29, 0.717) is 11.8 Å². The Balaban J connectivity index is 2.97. The number of nitrogens with one attached hydrogen (secondary N) is 1. The minimum absolute atomic E-state index is 0.0622. The lowest BCUT2D eigenvalue weighted by atomic mass is 10.2. The molecule has 0 aliphatic rings. The van der Waals surface area contributed by atoms with Crippen LogP contribution in [0, 0.1) is 0 Å². The highest BCUT2D eigenvalue weighted by Crippen LogP contribution is 2.18. The van der Waals surface area contributed by atoms with Gasteiger partial charge < -0.3 is 10.2 Å². The number of para-hydroxylation sites is 1. The number of anilines is 1. The van der Waals surface area contributed by atoms with Crippen LogP contribution < -0.4 is 5.32 Å². The van der Waals surface area contributed by atoms with Crippen LogP contribution in [-0.4, -0.2) is 31.0 Å². The third-order valence-electron chi connectivity index (χ3n) is 2.18. The average molecular weight is 284 g/mol. The zero-order chi connectivity index (χ0) is 15.2. The summed E-state index contributed by atoms with van der Waals surface area (Å²) in [4.78, 5) is 12.7. The van der Waals surface area contributed by atoms with Crippen LogP contribution in [0.3, 0.4) is 0 Å². The van der Waals surface area contributed by atoms with Crippen LogP contribution in [0.4, 0.5) is 18.9 Å². The van der Waals surface area contributed by atoms with Crippen molar-refractivity contribution < 1.29 is 18.0 Å². The molecule has 0 aromatic heterocycles. The molecule has 0 amide bonds. The maximum atomic E-state index is 12.3. The van der Waals surface area contributed by atoms with Gasteiger partial charge in [0.2, 0.25) is 0 Å². The minimum Gasteiger partial charge on any atom is -0.383 e. The van der Waals surface area contributed by atoms with Crippen LogP contribution in [0.2, 0.25) is 0 Å². The third-order valence-corrected chi connectivity index (χ3v) is 2.18. The molecule has 3 nitrogen and oxygen atoms in total. The summed E-state index contributed by atoms with van der Waals surface area (Å²) >= 11 is 0. The fraction of sp³-hybridized carbons (Fsp3) is 0.214. The van der Waals surface area contributed by atoms with Crippen molar-refractivity contribution in [1.29, 1.82) is 0 Å². The molecule has 0 unspecified atom stereocenters. The van der Waals surface area contributed by atoms with Gasteiger partial charge >= 0.3 is 6.18 Å². The van der Waals surface area contributed by atoms with Crippen molar-refractivity contribution >= 4 is 11.5 Å². The Bertz CT molecular complexity index is 505. The number of rotatable bonds is 5. The summed E-state index contributed by atoms with van der Waals surface area (Å²) in [6, 6.07) is 8.64. The molecule has 108 valence electrons. The van der Waals surface area contributed by atoms with Gasteiger partial charge in [-0.3, -0.25) is 4.79 Å². The largest absolute Gasteiger partial charge is 0.454 e. The smallest absolute Gasteiger partial charge is 0.383 e. The third kappa shape index (κ3) is 5.60. The molecule has 0 radical (unpaired) electrons. The molecule has 0 bridgehead atoms. The molecule has 20 heavy (non-hydrogen) atoms. The molecule has 1 aromatic carbocycles. The van der Waals surface area contributed by atoms with E-state index in [-0.39, 0.29) is 5.70 Å². The molecule has 0 atom stereocenters. The quantitative estimate of drug-likeness (QED) is 0.665. The summed E-state index contributed by atoms with van der Waals surface area (Å²) in [5.41, 5.74) is 0.657. The molecule has 0 heterocycles. The van der Waals surface area contributed by atoms with Crippen LogP contribution in [0.15, 0.2) is 54.4 Å². The van der Waals surface area contributed by atoms with Gasteiger partial charge in [0.1, 0.15) is 0 Å². The normalized spacial score (nSPS) is 12.6. The number of allylic oxidation sites excluding steroid dienone is 2. The SMILES string of the molecule is CN(C)/C=C/C(=C/C(=O)C(F)(F)F)Nc1ccccc1. The van der Waals surface area contributed by atoms with Crippen LogP contribution >= 0.6 is 0 Å². The number of benzene rings is 1. The summed E-state index contributed by atoms with van der Waals surface area (Å²) < 4.78 is 36.9. The Morgan fingerprint density at radius 1 is 1.20 bits per heavy atom. The molecule has 0 aliphatic heterocycles. The van der Waals surface area contributed by atoms with Gasteiger partial charge in [0, 0.05) is 37.8 Å². The second kappa shape index (κ2) is 6.79. The Hall–Kier alpha value is -2.24. The van der Waals surface area contributed by atoms with Crippen molar-refractivity contribution in [2.24, 2.45) is 0 Å². The van der Waals surface area contributed by atoms with Crippen LogP contribution in [0.5, 0.6) is 0 Å². The van der Waals surface area contributed by atoms with Gasteiger partial charge in [0.05, 0.1) is 0 Å². The van der Waals surface area contributed by atoms with Crippen LogP contribution in [-0.2, 0) is 4.79 Å². The van der Waals surface area contributed by atoms with Gasteiger partial charge in [0.15, 0.2) is 0 Å². The highest BCUT2D eigenvalue weighted by atomic mass is 19.4. The monoisotopic (exact) mass is 284 g/mol. The number of carbonyl (C=O) groups is 1. The number of halogens is 3. The van der Waals surface area contributed by atoms with Gasteiger partial charge in [-0.1, -0.05) is 18.2 Å². The molecule has 0 saturated carbocycles.